The Labute approximate surface area is 116 Å². The summed E-state index contributed by atoms with van der Waals surface area (Å²) < 4.78 is 2.20. The van der Waals surface area contributed by atoms with E-state index in [1.807, 2.05) is 6.08 Å². The van der Waals surface area contributed by atoms with Crippen LogP contribution in [-0.4, -0.2) is 35.7 Å². The number of allylic oxidation sites excluding steroid dienone is 1. The lowest BCUT2D eigenvalue weighted by atomic mass is 9.98. The number of nitrogens with one attached hydrogen (secondary N) is 1. The van der Waals surface area contributed by atoms with Crippen LogP contribution in [0.1, 0.15) is 25.5 Å². The fraction of sp³-hybridized carbons (Fsp3) is 0.667. The van der Waals surface area contributed by atoms with E-state index in [0.717, 1.165) is 50.3 Å². The molecular weight excluding hydrogens is 236 g/mol. The lowest BCUT2D eigenvalue weighted by Gasteiger charge is -2.30. The Balaban J connectivity index is 2.09. The van der Waals surface area contributed by atoms with Crippen LogP contribution in [0.4, 0.5) is 5.95 Å². The summed E-state index contributed by atoms with van der Waals surface area (Å²) in [4.78, 5) is 7.10. The fourth-order valence-corrected chi connectivity index (χ4v) is 2.79. The third-order valence-electron chi connectivity index (χ3n) is 3.80. The molecule has 0 atom stereocenters. The highest BCUT2D eigenvalue weighted by atomic mass is 15.3. The highest BCUT2D eigenvalue weighted by molar-refractivity contribution is 5.33. The van der Waals surface area contributed by atoms with Crippen molar-refractivity contribution in [3.8, 4) is 0 Å². The summed E-state index contributed by atoms with van der Waals surface area (Å²) in [6.07, 6.45) is 6.60. The van der Waals surface area contributed by atoms with E-state index < -0.39 is 0 Å². The molecule has 1 aliphatic rings. The van der Waals surface area contributed by atoms with Gasteiger partial charge in [-0.3, -0.25) is 0 Å². The average molecular weight is 262 g/mol. The number of hydrogen-bond acceptors (Lipinski definition) is 3. The van der Waals surface area contributed by atoms with E-state index in [1.165, 1.54) is 12.8 Å². The van der Waals surface area contributed by atoms with Crippen molar-refractivity contribution in [2.45, 2.75) is 33.2 Å². The molecular formula is C15H26N4. The topological polar surface area (TPSA) is 33.1 Å². The number of hydrogen-bond donors (Lipinski definition) is 1. The molecule has 19 heavy (non-hydrogen) atoms. The standard InChI is InChI=1S/C15H26N4/c1-4-10-19-11-13(3)17-15(19)18(5-2)12-14-6-8-16-9-7-14/h4,11,14,16H,1,5-10,12H2,2-3H3. The van der Waals surface area contributed by atoms with Gasteiger partial charge in [0.15, 0.2) is 0 Å². The van der Waals surface area contributed by atoms with Gasteiger partial charge in [-0.05, 0) is 45.7 Å². The van der Waals surface area contributed by atoms with Crippen molar-refractivity contribution in [3.63, 3.8) is 0 Å². The van der Waals surface area contributed by atoms with Gasteiger partial charge < -0.3 is 14.8 Å². The van der Waals surface area contributed by atoms with Crippen molar-refractivity contribution in [2.75, 3.05) is 31.1 Å². The summed E-state index contributed by atoms with van der Waals surface area (Å²) >= 11 is 0. The van der Waals surface area contributed by atoms with Crippen molar-refractivity contribution in [1.29, 1.82) is 0 Å². The number of nitrogens with zero attached hydrogens (tertiary/aromatic N) is 3. The SMILES string of the molecule is C=CCn1cc(C)nc1N(CC)CC1CCNCC1. The van der Waals surface area contributed by atoms with Gasteiger partial charge in [0.05, 0.1) is 5.69 Å². The van der Waals surface area contributed by atoms with Gasteiger partial charge in [-0.15, -0.1) is 6.58 Å². The van der Waals surface area contributed by atoms with Crippen LogP contribution in [0.3, 0.4) is 0 Å². The average Bonchev–Trinajstić information content (AvgIpc) is 2.78. The van der Waals surface area contributed by atoms with E-state index in [2.05, 4.69) is 41.4 Å². The van der Waals surface area contributed by atoms with Crippen molar-refractivity contribution in [1.82, 2.24) is 14.9 Å². The van der Waals surface area contributed by atoms with Crippen LogP contribution < -0.4 is 10.2 Å². The number of aryl methyl sites for hydroxylation is 1. The molecule has 106 valence electrons. The van der Waals surface area contributed by atoms with Crippen LogP contribution in [0.5, 0.6) is 0 Å². The Morgan fingerprint density at radius 3 is 2.89 bits per heavy atom. The molecule has 2 heterocycles. The summed E-state index contributed by atoms with van der Waals surface area (Å²) in [6, 6.07) is 0. The van der Waals surface area contributed by atoms with Crippen LogP contribution >= 0.6 is 0 Å². The normalized spacial score (nSPS) is 16.5. The van der Waals surface area contributed by atoms with E-state index in [9.17, 15) is 0 Å². The largest absolute Gasteiger partial charge is 0.342 e. The molecule has 0 unspecified atom stereocenters. The van der Waals surface area contributed by atoms with Crippen LogP contribution in [0.2, 0.25) is 0 Å². The third-order valence-corrected chi connectivity index (χ3v) is 3.80. The number of anilines is 1. The molecule has 0 radical (unpaired) electrons. The lowest BCUT2D eigenvalue weighted by Crippen LogP contribution is -2.37. The van der Waals surface area contributed by atoms with Crippen molar-refractivity contribution >= 4 is 5.95 Å². The molecule has 0 aromatic carbocycles. The highest BCUT2D eigenvalue weighted by Crippen LogP contribution is 2.19. The van der Waals surface area contributed by atoms with Gasteiger partial charge in [-0.2, -0.15) is 0 Å². The van der Waals surface area contributed by atoms with Crippen molar-refractivity contribution < 1.29 is 0 Å². The molecule has 4 heteroatoms. The van der Waals surface area contributed by atoms with Crippen LogP contribution in [0.15, 0.2) is 18.9 Å². The molecule has 0 aliphatic carbocycles. The van der Waals surface area contributed by atoms with Gasteiger partial charge in [-0.1, -0.05) is 6.08 Å². The zero-order valence-electron chi connectivity index (χ0n) is 12.2. The molecule has 1 aromatic heterocycles. The van der Waals surface area contributed by atoms with Gasteiger partial charge in [0.1, 0.15) is 0 Å². The molecule has 0 saturated carbocycles. The molecule has 4 nitrogen and oxygen atoms in total. The van der Waals surface area contributed by atoms with Crippen LogP contribution in [0, 0.1) is 12.8 Å². The molecule has 0 bridgehead atoms. The minimum absolute atomic E-state index is 0.787. The Kier molecular flexibility index (Phi) is 5.02. The van der Waals surface area contributed by atoms with E-state index in [-0.39, 0.29) is 0 Å². The predicted molar refractivity (Wildman–Crippen MR) is 80.6 cm³/mol. The van der Waals surface area contributed by atoms with Crippen LogP contribution in [0.25, 0.3) is 0 Å². The molecule has 1 N–H and O–H groups in total. The zero-order chi connectivity index (χ0) is 13.7. The maximum absolute atomic E-state index is 4.69. The maximum Gasteiger partial charge on any atom is 0.206 e. The zero-order valence-corrected chi connectivity index (χ0v) is 12.2. The van der Waals surface area contributed by atoms with Crippen LogP contribution in [-0.2, 0) is 6.54 Å². The van der Waals surface area contributed by atoms with Gasteiger partial charge in [0.25, 0.3) is 0 Å². The Morgan fingerprint density at radius 2 is 2.26 bits per heavy atom. The maximum atomic E-state index is 4.69. The quantitative estimate of drug-likeness (QED) is 0.798. The van der Waals surface area contributed by atoms with E-state index in [1.54, 1.807) is 0 Å². The lowest BCUT2D eigenvalue weighted by molar-refractivity contribution is 0.372. The molecule has 2 rings (SSSR count). The van der Waals surface area contributed by atoms with Gasteiger partial charge in [0.2, 0.25) is 5.95 Å². The number of imidazole rings is 1. The number of rotatable bonds is 6. The number of aromatic nitrogens is 2. The summed E-state index contributed by atoms with van der Waals surface area (Å²) in [7, 11) is 0. The Hall–Kier alpha value is -1.29. The molecule has 1 fully saturated rings. The van der Waals surface area contributed by atoms with Crippen molar-refractivity contribution in [3.05, 3.63) is 24.5 Å². The smallest absolute Gasteiger partial charge is 0.206 e. The molecule has 0 amide bonds. The minimum Gasteiger partial charge on any atom is -0.342 e. The van der Waals surface area contributed by atoms with E-state index >= 15 is 0 Å². The second-order valence-corrected chi connectivity index (χ2v) is 5.36. The third kappa shape index (κ3) is 3.60. The van der Waals surface area contributed by atoms with Crippen molar-refractivity contribution in [2.24, 2.45) is 5.92 Å². The first kappa shape index (κ1) is 14.1. The first-order chi connectivity index (χ1) is 9.24. The van der Waals surface area contributed by atoms with Gasteiger partial charge >= 0.3 is 0 Å². The Morgan fingerprint density at radius 1 is 1.53 bits per heavy atom. The second-order valence-electron chi connectivity index (χ2n) is 5.36. The van der Waals surface area contributed by atoms with Gasteiger partial charge in [0, 0.05) is 25.8 Å². The summed E-state index contributed by atoms with van der Waals surface area (Å²) in [6.45, 7) is 13.4. The molecule has 1 aromatic rings. The van der Waals surface area contributed by atoms with E-state index in [0.29, 0.717) is 0 Å². The summed E-state index contributed by atoms with van der Waals surface area (Å²) in [5, 5.41) is 3.43. The second kappa shape index (κ2) is 6.75. The highest BCUT2D eigenvalue weighted by Gasteiger charge is 2.19. The first-order valence-corrected chi connectivity index (χ1v) is 7.35. The summed E-state index contributed by atoms with van der Waals surface area (Å²) in [5.74, 6) is 1.88. The minimum atomic E-state index is 0.787. The number of piperidine rings is 1. The molecule has 0 spiro atoms. The summed E-state index contributed by atoms with van der Waals surface area (Å²) in [5.41, 5.74) is 1.08. The Bertz CT molecular complexity index is 404. The van der Waals surface area contributed by atoms with E-state index in [4.69, 9.17) is 4.98 Å². The molecule has 1 saturated heterocycles. The molecule has 1 aliphatic heterocycles. The fourth-order valence-electron chi connectivity index (χ4n) is 2.79. The predicted octanol–water partition coefficient (Wildman–Crippen LogP) is 2.20. The monoisotopic (exact) mass is 262 g/mol. The first-order valence-electron chi connectivity index (χ1n) is 7.35. The van der Waals surface area contributed by atoms with Gasteiger partial charge in [-0.25, -0.2) is 4.98 Å².